The van der Waals surface area contributed by atoms with E-state index in [1.165, 1.54) is 6.07 Å². The summed E-state index contributed by atoms with van der Waals surface area (Å²) in [4.78, 5) is 14.2. The predicted molar refractivity (Wildman–Crippen MR) is 75.7 cm³/mol. The molecule has 2 N–H and O–H groups in total. The van der Waals surface area contributed by atoms with Crippen molar-refractivity contribution in [1.82, 2.24) is 4.90 Å². The monoisotopic (exact) mass is 276 g/mol. The molecule has 1 aromatic carbocycles. The number of amides is 1. The van der Waals surface area contributed by atoms with Crippen LogP contribution in [0.5, 0.6) is 0 Å². The van der Waals surface area contributed by atoms with Gasteiger partial charge in [0.05, 0.1) is 0 Å². The highest BCUT2D eigenvalue weighted by molar-refractivity contribution is 5.85. The summed E-state index contributed by atoms with van der Waals surface area (Å²) in [6, 6.07) is 6.54. The molecule has 0 aromatic heterocycles. The SMILES string of the molecule is CC1(C(=O)N2CCC(c3cccc(F)c3)C(N)C2)CC1. The number of halogens is 1. The van der Waals surface area contributed by atoms with E-state index < -0.39 is 0 Å². The van der Waals surface area contributed by atoms with Gasteiger partial charge in [0.25, 0.3) is 0 Å². The number of piperidine rings is 1. The standard InChI is InChI=1S/C16H21FN2O/c1-16(6-7-16)15(20)19-8-5-13(14(18)10-19)11-3-2-4-12(17)9-11/h2-4,9,13-14H,5-8,10,18H2,1H3. The van der Waals surface area contributed by atoms with Crippen LogP contribution in [0.25, 0.3) is 0 Å². The first-order valence-electron chi connectivity index (χ1n) is 7.30. The lowest BCUT2D eigenvalue weighted by Crippen LogP contribution is -2.51. The molecule has 1 saturated carbocycles. The van der Waals surface area contributed by atoms with E-state index in [9.17, 15) is 9.18 Å². The highest BCUT2D eigenvalue weighted by Gasteiger charge is 2.48. The first kappa shape index (κ1) is 13.6. The maximum Gasteiger partial charge on any atom is 0.228 e. The summed E-state index contributed by atoms with van der Waals surface area (Å²) in [7, 11) is 0. The first-order valence-corrected chi connectivity index (χ1v) is 7.30. The maximum absolute atomic E-state index is 13.3. The lowest BCUT2D eigenvalue weighted by molar-refractivity contribution is -0.137. The van der Waals surface area contributed by atoms with E-state index in [0.29, 0.717) is 6.54 Å². The molecule has 1 saturated heterocycles. The molecule has 2 unspecified atom stereocenters. The molecule has 1 aromatic rings. The molecule has 1 amide bonds. The Morgan fingerprint density at radius 1 is 1.45 bits per heavy atom. The van der Waals surface area contributed by atoms with Crippen LogP contribution in [0.4, 0.5) is 4.39 Å². The van der Waals surface area contributed by atoms with E-state index in [-0.39, 0.29) is 29.1 Å². The number of nitrogens with zero attached hydrogens (tertiary/aromatic N) is 1. The van der Waals surface area contributed by atoms with Gasteiger partial charge < -0.3 is 10.6 Å². The molecule has 0 bridgehead atoms. The van der Waals surface area contributed by atoms with Crippen molar-refractivity contribution in [3.8, 4) is 0 Å². The summed E-state index contributed by atoms with van der Waals surface area (Å²) in [5.41, 5.74) is 7.05. The van der Waals surface area contributed by atoms with Crippen molar-refractivity contribution < 1.29 is 9.18 Å². The minimum absolute atomic E-state index is 0.114. The second kappa shape index (κ2) is 4.85. The number of benzene rings is 1. The van der Waals surface area contributed by atoms with E-state index in [1.807, 2.05) is 17.9 Å². The average molecular weight is 276 g/mol. The third kappa shape index (κ3) is 2.44. The number of nitrogens with two attached hydrogens (primary N) is 1. The Hall–Kier alpha value is -1.42. The number of carbonyl (C=O) groups is 1. The van der Waals surface area contributed by atoms with Crippen LogP contribution in [0.3, 0.4) is 0 Å². The Labute approximate surface area is 118 Å². The van der Waals surface area contributed by atoms with Crippen molar-refractivity contribution >= 4 is 5.91 Å². The van der Waals surface area contributed by atoms with Gasteiger partial charge in [0.1, 0.15) is 5.82 Å². The molecule has 4 heteroatoms. The highest BCUT2D eigenvalue weighted by atomic mass is 19.1. The van der Waals surface area contributed by atoms with Gasteiger partial charge in [-0.25, -0.2) is 4.39 Å². The van der Waals surface area contributed by atoms with Gasteiger partial charge in [-0.3, -0.25) is 4.79 Å². The molecule has 3 nitrogen and oxygen atoms in total. The topological polar surface area (TPSA) is 46.3 Å². The second-order valence-electron chi connectivity index (χ2n) is 6.43. The largest absolute Gasteiger partial charge is 0.341 e. The summed E-state index contributed by atoms with van der Waals surface area (Å²) in [5, 5.41) is 0. The van der Waals surface area contributed by atoms with Crippen LogP contribution in [0.1, 0.15) is 37.7 Å². The summed E-state index contributed by atoms with van der Waals surface area (Å²) in [5.74, 6) is 0.158. The van der Waals surface area contributed by atoms with Crippen LogP contribution in [0.15, 0.2) is 24.3 Å². The van der Waals surface area contributed by atoms with Crippen molar-refractivity contribution in [3.63, 3.8) is 0 Å². The molecule has 0 spiro atoms. The fraction of sp³-hybridized carbons (Fsp3) is 0.562. The molecule has 1 heterocycles. The van der Waals surface area contributed by atoms with E-state index >= 15 is 0 Å². The van der Waals surface area contributed by atoms with Gasteiger partial charge >= 0.3 is 0 Å². The third-order valence-corrected chi connectivity index (χ3v) is 4.74. The van der Waals surface area contributed by atoms with Crippen molar-refractivity contribution in [2.45, 2.75) is 38.1 Å². The van der Waals surface area contributed by atoms with E-state index in [1.54, 1.807) is 12.1 Å². The summed E-state index contributed by atoms with van der Waals surface area (Å²) in [6.45, 7) is 3.33. The fourth-order valence-corrected chi connectivity index (χ4v) is 3.10. The highest BCUT2D eigenvalue weighted by Crippen LogP contribution is 2.47. The van der Waals surface area contributed by atoms with Crippen molar-refractivity contribution in [2.24, 2.45) is 11.1 Å². The number of carbonyl (C=O) groups excluding carboxylic acids is 1. The summed E-state index contributed by atoms with van der Waals surface area (Å²) in [6.07, 6.45) is 2.79. The second-order valence-corrected chi connectivity index (χ2v) is 6.43. The Bertz CT molecular complexity index is 527. The average Bonchev–Trinajstić information content (AvgIpc) is 3.17. The van der Waals surface area contributed by atoms with Gasteiger partial charge in [-0.1, -0.05) is 19.1 Å². The number of hydrogen-bond donors (Lipinski definition) is 1. The third-order valence-electron chi connectivity index (χ3n) is 4.74. The van der Waals surface area contributed by atoms with Crippen LogP contribution in [-0.2, 0) is 4.79 Å². The smallest absolute Gasteiger partial charge is 0.228 e. The lowest BCUT2D eigenvalue weighted by Gasteiger charge is -2.38. The molecule has 2 atom stereocenters. The zero-order valence-electron chi connectivity index (χ0n) is 11.8. The van der Waals surface area contributed by atoms with Gasteiger partial charge in [-0.15, -0.1) is 0 Å². The molecule has 1 aliphatic carbocycles. The quantitative estimate of drug-likeness (QED) is 0.900. The van der Waals surface area contributed by atoms with Crippen molar-refractivity contribution in [1.29, 1.82) is 0 Å². The number of rotatable bonds is 2. The first-order chi connectivity index (χ1) is 9.49. The van der Waals surface area contributed by atoms with Gasteiger partial charge in [-0.2, -0.15) is 0 Å². The molecule has 20 heavy (non-hydrogen) atoms. The minimum atomic E-state index is -0.223. The minimum Gasteiger partial charge on any atom is -0.341 e. The van der Waals surface area contributed by atoms with E-state index in [0.717, 1.165) is 31.4 Å². The maximum atomic E-state index is 13.3. The summed E-state index contributed by atoms with van der Waals surface area (Å²) >= 11 is 0. The lowest BCUT2D eigenvalue weighted by atomic mass is 9.85. The normalized spacial score (nSPS) is 28.2. The molecule has 2 fully saturated rings. The zero-order chi connectivity index (χ0) is 14.3. The van der Waals surface area contributed by atoms with Crippen LogP contribution in [0, 0.1) is 11.2 Å². The Kier molecular flexibility index (Phi) is 3.28. The molecule has 2 aliphatic rings. The molecule has 3 rings (SSSR count). The molecule has 0 radical (unpaired) electrons. The van der Waals surface area contributed by atoms with Gasteiger partial charge in [-0.05, 0) is 37.0 Å². The Balaban J connectivity index is 1.69. The van der Waals surface area contributed by atoms with Crippen molar-refractivity contribution in [3.05, 3.63) is 35.6 Å². The van der Waals surface area contributed by atoms with Crippen LogP contribution < -0.4 is 5.73 Å². The van der Waals surface area contributed by atoms with Gasteiger partial charge in [0.15, 0.2) is 0 Å². The van der Waals surface area contributed by atoms with Crippen LogP contribution >= 0.6 is 0 Å². The fourth-order valence-electron chi connectivity index (χ4n) is 3.10. The zero-order valence-corrected chi connectivity index (χ0v) is 11.8. The Morgan fingerprint density at radius 2 is 2.20 bits per heavy atom. The molecular weight excluding hydrogens is 255 g/mol. The molecular formula is C16H21FN2O. The number of likely N-dealkylation sites (tertiary alicyclic amines) is 1. The van der Waals surface area contributed by atoms with Crippen LogP contribution in [-0.4, -0.2) is 29.9 Å². The van der Waals surface area contributed by atoms with Crippen LogP contribution in [0.2, 0.25) is 0 Å². The molecule has 108 valence electrons. The number of hydrogen-bond acceptors (Lipinski definition) is 2. The summed E-state index contributed by atoms with van der Waals surface area (Å²) < 4.78 is 13.3. The van der Waals surface area contributed by atoms with Crippen molar-refractivity contribution in [2.75, 3.05) is 13.1 Å². The predicted octanol–water partition coefficient (Wildman–Crippen LogP) is 2.27. The molecule has 1 aliphatic heterocycles. The van der Waals surface area contributed by atoms with Gasteiger partial charge in [0, 0.05) is 30.5 Å². The van der Waals surface area contributed by atoms with E-state index in [4.69, 9.17) is 5.73 Å². The Morgan fingerprint density at radius 3 is 2.80 bits per heavy atom. The van der Waals surface area contributed by atoms with E-state index in [2.05, 4.69) is 0 Å². The van der Waals surface area contributed by atoms with Gasteiger partial charge in [0.2, 0.25) is 5.91 Å².